The molecule has 0 unspecified atom stereocenters. The lowest BCUT2D eigenvalue weighted by Crippen LogP contribution is -2.47. The molecule has 2 aromatic carbocycles. The highest BCUT2D eigenvalue weighted by Crippen LogP contribution is 2.32. The fourth-order valence-corrected chi connectivity index (χ4v) is 3.44. The van der Waals surface area contributed by atoms with Crippen LogP contribution in [0, 0.1) is 0 Å². The minimum atomic E-state index is -0.244. The molecule has 1 fully saturated rings. The number of nitrogens with zero attached hydrogens (tertiary/aromatic N) is 2. The zero-order valence-electron chi connectivity index (χ0n) is 15.9. The second-order valence-electron chi connectivity index (χ2n) is 7.13. The van der Waals surface area contributed by atoms with Gasteiger partial charge in [0.05, 0.1) is 12.2 Å². The maximum Gasteiger partial charge on any atom is 0.238 e. The van der Waals surface area contributed by atoms with Crippen molar-refractivity contribution in [3.8, 4) is 0 Å². The first-order valence-electron chi connectivity index (χ1n) is 9.44. The number of furan rings is 1. The van der Waals surface area contributed by atoms with E-state index >= 15 is 0 Å². The van der Waals surface area contributed by atoms with E-state index in [2.05, 4.69) is 22.2 Å². The van der Waals surface area contributed by atoms with Crippen molar-refractivity contribution in [1.82, 2.24) is 9.80 Å². The number of carbonyl (C=O) groups excluding carboxylic acids is 2. The van der Waals surface area contributed by atoms with E-state index in [4.69, 9.17) is 4.42 Å². The van der Waals surface area contributed by atoms with Crippen molar-refractivity contribution < 1.29 is 14.0 Å². The number of nitrogens with one attached hydrogen (secondary N) is 1. The molecular weight excluding hydrogens is 354 g/mol. The highest BCUT2D eigenvalue weighted by atomic mass is 16.3. The third-order valence-corrected chi connectivity index (χ3v) is 5.07. The van der Waals surface area contributed by atoms with Gasteiger partial charge in [-0.2, -0.15) is 0 Å². The number of para-hydroxylation sites is 1. The van der Waals surface area contributed by atoms with Gasteiger partial charge in [0, 0.05) is 37.1 Å². The molecule has 1 N–H and O–H groups in total. The Morgan fingerprint density at radius 2 is 1.64 bits per heavy atom. The van der Waals surface area contributed by atoms with Crippen LogP contribution in [-0.4, -0.2) is 61.3 Å². The molecule has 2 heterocycles. The summed E-state index contributed by atoms with van der Waals surface area (Å²) in [5.74, 6) is -0.218. The SMILES string of the molecule is CN1CCN(CC(=O)Nc2c(C(=O)c3ccccc3)oc3ccccc23)CC1. The summed E-state index contributed by atoms with van der Waals surface area (Å²) in [6, 6.07) is 16.3. The third kappa shape index (κ3) is 3.83. The number of hydrogen-bond acceptors (Lipinski definition) is 5. The standard InChI is InChI=1S/C22H23N3O3/c1-24-11-13-25(14-12-24)15-19(26)23-20-17-9-5-6-10-18(17)28-22(20)21(27)16-7-3-2-4-8-16/h2-10H,11-15H2,1H3,(H,23,26). The smallest absolute Gasteiger partial charge is 0.238 e. The highest BCUT2D eigenvalue weighted by Gasteiger charge is 2.24. The predicted molar refractivity (Wildman–Crippen MR) is 109 cm³/mol. The average molecular weight is 377 g/mol. The Hall–Kier alpha value is -2.96. The quantitative estimate of drug-likeness (QED) is 0.693. The molecule has 1 amide bonds. The second-order valence-corrected chi connectivity index (χ2v) is 7.13. The first kappa shape index (κ1) is 18.4. The van der Waals surface area contributed by atoms with Crippen LogP contribution < -0.4 is 5.32 Å². The van der Waals surface area contributed by atoms with E-state index in [9.17, 15) is 9.59 Å². The molecule has 0 saturated carbocycles. The zero-order valence-corrected chi connectivity index (χ0v) is 15.9. The Kier molecular flexibility index (Phi) is 5.23. The van der Waals surface area contributed by atoms with Crippen LogP contribution in [-0.2, 0) is 4.79 Å². The molecular formula is C22H23N3O3. The lowest BCUT2D eigenvalue weighted by molar-refractivity contribution is -0.117. The van der Waals surface area contributed by atoms with Crippen LogP contribution in [0.25, 0.3) is 11.0 Å². The van der Waals surface area contributed by atoms with Gasteiger partial charge in [0.1, 0.15) is 5.58 Å². The van der Waals surface area contributed by atoms with E-state index in [0.717, 1.165) is 31.6 Å². The van der Waals surface area contributed by atoms with Crippen molar-refractivity contribution in [3.05, 3.63) is 65.9 Å². The van der Waals surface area contributed by atoms with Gasteiger partial charge in [-0.3, -0.25) is 14.5 Å². The van der Waals surface area contributed by atoms with Crippen molar-refractivity contribution >= 4 is 28.3 Å². The van der Waals surface area contributed by atoms with E-state index in [-0.39, 0.29) is 17.5 Å². The van der Waals surface area contributed by atoms with Crippen LogP contribution in [0.4, 0.5) is 5.69 Å². The summed E-state index contributed by atoms with van der Waals surface area (Å²) in [6.07, 6.45) is 0. The van der Waals surface area contributed by atoms with Crippen LogP contribution in [0.2, 0.25) is 0 Å². The van der Waals surface area contributed by atoms with Crippen molar-refractivity contribution in [2.45, 2.75) is 0 Å². The molecule has 0 spiro atoms. The van der Waals surface area contributed by atoms with Gasteiger partial charge in [0.25, 0.3) is 0 Å². The number of rotatable bonds is 5. The van der Waals surface area contributed by atoms with Gasteiger partial charge < -0.3 is 14.6 Å². The van der Waals surface area contributed by atoms with E-state index in [0.29, 0.717) is 23.4 Å². The van der Waals surface area contributed by atoms with Crippen LogP contribution in [0.5, 0.6) is 0 Å². The second kappa shape index (κ2) is 7.96. The van der Waals surface area contributed by atoms with E-state index in [1.54, 1.807) is 18.2 Å². The third-order valence-electron chi connectivity index (χ3n) is 5.07. The summed E-state index contributed by atoms with van der Waals surface area (Å²) < 4.78 is 5.84. The molecule has 1 aromatic heterocycles. The van der Waals surface area contributed by atoms with Crippen molar-refractivity contribution in [1.29, 1.82) is 0 Å². The van der Waals surface area contributed by atoms with Crippen LogP contribution in [0.3, 0.4) is 0 Å². The number of piperazine rings is 1. The lowest BCUT2D eigenvalue weighted by atomic mass is 10.1. The topological polar surface area (TPSA) is 65.8 Å². The van der Waals surface area contributed by atoms with Crippen LogP contribution in [0.1, 0.15) is 16.1 Å². The molecule has 28 heavy (non-hydrogen) atoms. The minimum Gasteiger partial charge on any atom is -0.450 e. The Morgan fingerprint density at radius 3 is 2.39 bits per heavy atom. The molecule has 1 aliphatic heterocycles. The normalized spacial score (nSPS) is 15.6. The number of anilines is 1. The minimum absolute atomic E-state index is 0.141. The Labute approximate surface area is 163 Å². The number of hydrogen-bond donors (Lipinski definition) is 1. The highest BCUT2D eigenvalue weighted by molar-refractivity contribution is 6.17. The van der Waals surface area contributed by atoms with Gasteiger partial charge in [-0.05, 0) is 19.2 Å². The maximum absolute atomic E-state index is 13.0. The monoisotopic (exact) mass is 377 g/mol. The van der Waals surface area contributed by atoms with Gasteiger partial charge in [-0.15, -0.1) is 0 Å². The van der Waals surface area contributed by atoms with E-state index < -0.39 is 0 Å². The van der Waals surface area contributed by atoms with E-state index in [1.807, 2.05) is 36.4 Å². The van der Waals surface area contributed by atoms with Gasteiger partial charge in [-0.1, -0.05) is 42.5 Å². The Balaban J connectivity index is 1.60. The molecule has 0 aliphatic carbocycles. The lowest BCUT2D eigenvalue weighted by Gasteiger charge is -2.31. The summed E-state index contributed by atoms with van der Waals surface area (Å²) in [7, 11) is 2.08. The number of benzene rings is 2. The average Bonchev–Trinajstić information content (AvgIpc) is 3.08. The Bertz CT molecular complexity index is 989. The van der Waals surface area contributed by atoms with Gasteiger partial charge >= 0.3 is 0 Å². The number of ketones is 1. The molecule has 1 saturated heterocycles. The van der Waals surface area contributed by atoms with Crippen LogP contribution >= 0.6 is 0 Å². The van der Waals surface area contributed by atoms with Crippen molar-refractivity contribution in [3.63, 3.8) is 0 Å². The zero-order chi connectivity index (χ0) is 19.5. The molecule has 0 atom stereocenters. The molecule has 3 aromatic rings. The molecule has 6 heteroatoms. The van der Waals surface area contributed by atoms with E-state index in [1.165, 1.54) is 0 Å². The Morgan fingerprint density at radius 1 is 0.964 bits per heavy atom. The number of likely N-dealkylation sites (N-methyl/N-ethyl adjacent to an activating group) is 1. The number of carbonyl (C=O) groups is 2. The summed E-state index contributed by atoms with van der Waals surface area (Å²) in [6.45, 7) is 3.89. The molecule has 0 bridgehead atoms. The predicted octanol–water partition coefficient (Wildman–Crippen LogP) is 2.85. The van der Waals surface area contributed by atoms with Crippen molar-refractivity contribution in [2.75, 3.05) is 45.1 Å². The van der Waals surface area contributed by atoms with Gasteiger partial charge in [0.15, 0.2) is 5.76 Å². The van der Waals surface area contributed by atoms with Crippen molar-refractivity contribution in [2.24, 2.45) is 0 Å². The first-order valence-corrected chi connectivity index (χ1v) is 9.44. The fraction of sp³-hybridized carbons (Fsp3) is 0.273. The summed E-state index contributed by atoms with van der Waals surface area (Å²) in [5.41, 5.74) is 1.55. The number of amides is 1. The molecule has 0 radical (unpaired) electrons. The first-order chi connectivity index (χ1) is 13.6. The summed E-state index contributed by atoms with van der Waals surface area (Å²) >= 11 is 0. The fourth-order valence-electron chi connectivity index (χ4n) is 3.44. The van der Waals surface area contributed by atoms with Gasteiger partial charge in [-0.25, -0.2) is 0 Å². The summed E-state index contributed by atoms with van der Waals surface area (Å²) in [5, 5.41) is 3.66. The molecule has 4 rings (SSSR count). The number of fused-ring (bicyclic) bond motifs is 1. The molecule has 6 nitrogen and oxygen atoms in total. The largest absolute Gasteiger partial charge is 0.450 e. The van der Waals surface area contributed by atoms with Gasteiger partial charge in [0.2, 0.25) is 11.7 Å². The summed E-state index contributed by atoms with van der Waals surface area (Å²) in [4.78, 5) is 30.0. The maximum atomic E-state index is 13.0. The molecule has 1 aliphatic rings. The van der Waals surface area contributed by atoms with Crippen LogP contribution in [0.15, 0.2) is 59.0 Å². The molecule has 144 valence electrons.